The molecule has 4 N–H and O–H groups in total. The van der Waals surface area contributed by atoms with Crippen LogP contribution in [-0.4, -0.2) is 45.8 Å². The van der Waals surface area contributed by atoms with Crippen LogP contribution >= 0.6 is 0 Å². The third-order valence-corrected chi connectivity index (χ3v) is 6.52. The Morgan fingerprint density at radius 1 is 1.03 bits per heavy atom. The lowest BCUT2D eigenvalue weighted by Crippen LogP contribution is -2.37. The predicted molar refractivity (Wildman–Crippen MR) is 137 cm³/mol. The number of H-pyrrole nitrogens is 1. The first-order valence-electron chi connectivity index (χ1n) is 11.7. The number of carbonyl (C=O) groups excluding carboxylic acids is 1. The highest BCUT2D eigenvalue weighted by atomic mass is 16.3. The molecule has 0 saturated heterocycles. The molecular formula is C26H31N5O4. The molecule has 1 aromatic heterocycles. The second kappa shape index (κ2) is 10.1. The van der Waals surface area contributed by atoms with Crippen molar-refractivity contribution in [2.75, 3.05) is 24.7 Å². The van der Waals surface area contributed by atoms with E-state index in [0.29, 0.717) is 0 Å². The van der Waals surface area contributed by atoms with Gasteiger partial charge in [-0.3, -0.25) is 24.2 Å². The van der Waals surface area contributed by atoms with Crippen molar-refractivity contribution < 1.29 is 9.90 Å². The summed E-state index contributed by atoms with van der Waals surface area (Å²) in [6.45, 7) is 0. The molecule has 9 heteroatoms. The fourth-order valence-electron chi connectivity index (χ4n) is 4.68. The Balaban J connectivity index is 1.74. The topological polar surface area (TPSA) is 119 Å². The number of aromatic nitrogens is 2. The average molecular weight is 478 g/mol. The first kappa shape index (κ1) is 24.1. The third kappa shape index (κ3) is 4.94. The van der Waals surface area contributed by atoms with E-state index in [1.165, 1.54) is 23.6 Å². The highest BCUT2D eigenvalue weighted by Crippen LogP contribution is 2.36. The average Bonchev–Trinajstić information content (AvgIpc) is 2.86. The lowest BCUT2D eigenvalue weighted by atomic mass is 9.80. The SMILES string of the molecule is CN(C)C(=O)c1cccc(Nc2c(N[C@@H]3CCCC[C@H]3c3ccccc3)c(=O)n(C)[nH]c2=O)c1O. The van der Waals surface area contributed by atoms with E-state index in [2.05, 4.69) is 27.9 Å². The molecule has 184 valence electrons. The first-order chi connectivity index (χ1) is 16.8. The predicted octanol–water partition coefficient (Wildman–Crippen LogP) is 3.36. The number of nitrogens with one attached hydrogen (secondary N) is 3. The summed E-state index contributed by atoms with van der Waals surface area (Å²) < 4.78 is 1.14. The van der Waals surface area contributed by atoms with Gasteiger partial charge in [0.15, 0.2) is 5.75 Å². The van der Waals surface area contributed by atoms with Crippen LogP contribution < -0.4 is 21.8 Å². The van der Waals surface area contributed by atoms with Gasteiger partial charge in [0.2, 0.25) is 0 Å². The van der Waals surface area contributed by atoms with Gasteiger partial charge in [-0.15, -0.1) is 0 Å². The molecule has 0 bridgehead atoms. The van der Waals surface area contributed by atoms with E-state index in [0.717, 1.165) is 30.4 Å². The van der Waals surface area contributed by atoms with E-state index in [-0.39, 0.29) is 46.2 Å². The van der Waals surface area contributed by atoms with Crippen molar-refractivity contribution in [3.63, 3.8) is 0 Å². The van der Waals surface area contributed by atoms with Crippen LogP contribution in [0.2, 0.25) is 0 Å². The Morgan fingerprint density at radius 3 is 2.46 bits per heavy atom. The van der Waals surface area contributed by atoms with E-state index in [1.54, 1.807) is 26.2 Å². The normalized spacial score (nSPS) is 17.6. The summed E-state index contributed by atoms with van der Waals surface area (Å²) in [6.07, 6.45) is 3.94. The number of rotatable bonds is 6. The maximum Gasteiger partial charge on any atom is 0.290 e. The number of para-hydroxylation sites is 1. The van der Waals surface area contributed by atoms with Crippen LogP contribution in [0.25, 0.3) is 0 Å². The number of hydrogen-bond donors (Lipinski definition) is 4. The van der Waals surface area contributed by atoms with Crippen LogP contribution in [0.3, 0.4) is 0 Å². The number of aryl methyl sites for hydroxylation is 1. The molecule has 1 saturated carbocycles. The summed E-state index contributed by atoms with van der Waals surface area (Å²) >= 11 is 0. The Bertz CT molecular complexity index is 1330. The molecule has 1 amide bonds. The standard InChI is InChI=1S/C26H31N5O4/c1-30(2)25(34)18-13-9-15-20(23(18)32)28-21-22(26(35)31(3)29-24(21)33)27-19-14-8-7-12-17(19)16-10-5-4-6-11-16/h4-6,9-11,13,15,17,19,27-28,32H,7-8,12,14H2,1-3H3,(H,29,33)/t17-,19+/m0/s1. The fraction of sp³-hybridized carbons (Fsp3) is 0.346. The largest absolute Gasteiger partial charge is 0.505 e. The lowest BCUT2D eigenvalue weighted by Gasteiger charge is -2.33. The van der Waals surface area contributed by atoms with Crippen molar-refractivity contribution in [1.82, 2.24) is 14.7 Å². The molecule has 3 aromatic rings. The minimum absolute atomic E-state index is 0.00441. The monoisotopic (exact) mass is 477 g/mol. The summed E-state index contributed by atoms with van der Waals surface area (Å²) in [5, 5.41) is 19.6. The molecule has 0 spiro atoms. The van der Waals surface area contributed by atoms with Crippen molar-refractivity contribution in [3.05, 3.63) is 80.4 Å². The van der Waals surface area contributed by atoms with Crippen LogP contribution in [0.15, 0.2) is 58.1 Å². The molecule has 0 aliphatic heterocycles. The molecule has 1 aliphatic carbocycles. The van der Waals surface area contributed by atoms with Gasteiger partial charge in [-0.25, -0.2) is 0 Å². The van der Waals surface area contributed by atoms with Crippen molar-refractivity contribution in [2.45, 2.75) is 37.6 Å². The van der Waals surface area contributed by atoms with Gasteiger partial charge in [-0.1, -0.05) is 49.2 Å². The zero-order valence-electron chi connectivity index (χ0n) is 20.2. The van der Waals surface area contributed by atoms with Crippen molar-refractivity contribution in [2.24, 2.45) is 7.05 Å². The minimum atomic E-state index is -0.523. The third-order valence-electron chi connectivity index (χ3n) is 6.52. The summed E-state index contributed by atoms with van der Waals surface area (Å²) in [5.74, 6) is -0.483. The lowest BCUT2D eigenvalue weighted by molar-refractivity contribution is 0.0824. The molecule has 0 unspecified atom stereocenters. The smallest absolute Gasteiger partial charge is 0.290 e. The second-order valence-electron chi connectivity index (χ2n) is 9.13. The molecular weight excluding hydrogens is 446 g/mol. The summed E-state index contributed by atoms with van der Waals surface area (Å²) in [4.78, 5) is 39.9. The van der Waals surface area contributed by atoms with E-state index < -0.39 is 11.1 Å². The zero-order valence-corrected chi connectivity index (χ0v) is 20.2. The number of aromatic amines is 1. The quantitative estimate of drug-likeness (QED) is 0.404. The number of nitrogens with zero attached hydrogens (tertiary/aromatic N) is 2. The molecule has 2 aromatic carbocycles. The van der Waals surface area contributed by atoms with Crippen LogP contribution in [0.1, 0.15) is 47.5 Å². The number of phenols is 1. The highest BCUT2D eigenvalue weighted by molar-refractivity contribution is 5.98. The van der Waals surface area contributed by atoms with Crippen molar-refractivity contribution in [1.29, 1.82) is 0 Å². The fourth-order valence-corrected chi connectivity index (χ4v) is 4.68. The maximum absolute atomic E-state index is 13.2. The van der Waals surface area contributed by atoms with E-state index in [4.69, 9.17) is 0 Å². The van der Waals surface area contributed by atoms with Gasteiger partial charge >= 0.3 is 0 Å². The molecule has 2 atom stereocenters. The van der Waals surface area contributed by atoms with Crippen LogP contribution in [-0.2, 0) is 7.05 Å². The molecule has 1 heterocycles. The molecule has 1 fully saturated rings. The maximum atomic E-state index is 13.2. The number of hydrogen-bond acceptors (Lipinski definition) is 6. The van der Waals surface area contributed by atoms with E-state index >= 15 is 0 Å². The summed E-state index contributed by atoms with van der Waals surface area (Å²) in [6, 6.07) is 14.8. The number of carbonyl (C=O) groups is 1. The Morgan fingerprint density at radius 2 is 1.74 bits per heavy atom. The number of anilines is 3. The Hall–Kier alpha value is -4.01. The molecule has 0 radical (unpaired) electrons. The van der Waals surface area contributed by atoms with E-state index in [9.17, 15) is 19.5 Å². The Labute approximate surface area is 203 Å². The van der Waals surface area contributed by atoms with Crippen molar-refractivity contribution in [3.8, 4) is 5.75 Å². The molecule has 35 heavy (non-hydrogen) atoms. The van der Waals surface area contributed by atoms with Crippen LogP contribution in [0.5, 0.6) is 5.75 Å². The zero-order chi connectivity index (χ0) is 25.1. The molecule has 4 rings (SSSR count). The Kier molecular flexibility index (Phi) is 6.95. The van der Waals surface area contributed by atoms with Crippen molar-refractivity contribution >= 4 is 23.0 Å². The number of amides is 1. The minimum Gasteiger partial charge on any atom is -0.505 e. The van der Waals surface area contributed by atoms with Gasteiger partial charge in [0.05, 0.1) is 11.3 Å². The summed E-state index contributed by atoms with van der Waals surface area (Å²) in [7, 11) is 4.66. The molecule has 9 nitrogen and oxygen atoms in total. The van der Waals surface area contributed by atoms with Gasteiger partial charge in [0.25, 0.3) is 17.0 Å². The summed E-state index contributed by atoms with van der Waals surface area (Å²) in [5.41, 5.74) is 0.639. The highest BCUT2D eigenvalue weighted by Gasteiger charge is 2.29. The van der Waals surface area contributed by atoms with Gasteiger partial charge in [0, 0.05) is 33.1 Å². The van der Waals surface area contributed by atoms with E-state index in [1.807, 2.05) is 18.2 Å². The van der Waals surface area contributed by atoms with Crippen LogP contribution in [0, 0.1) is 0 Å². The van der Waals surface area contributed by atoms with Crippen LogP contribution in [0.4, 0.5) is 17.1 Å². The number of phenolic OH excluding ortho intramolecular Hbond substituents is 1. The van der Waals surface area contributed by atoms with Gasteiger partial charge in [-0.05, 0) is 30.5 Å². The van der Waals surface area contributed by atoms with Gasteiger partial charge < -0.3 is 20.6 Å². The van der Waals surface area contributed by atoms with Gasteiger partial charge in [-0.2, -0.15) is 0 Å². The number of aromatic hydroxyl groups is 1. The second-order valence-corrected chi connectivity index (χ2v) is 9.13. The first-order valence-corrected chi connectivity index (χ1v) is 11.7. The molecule has 1 aliphatic rings. The van der Waals surface area contributed by atoms with Gasteiger partial charge in [0.1, 0.15) is 11.4 Å². The number of benzene rings is 2.